The molecule has 130 valence electrons. The van der Waals surface area contributed by atoms with Crippen LogP contribution in [0.25, 0.3) is 0 Å². The summed E-state index contributed by atoms with van der Waals surface area (Å²) in [6.45, 7) is 4.29. The van der Waals surface area contributed by atoms with Crippen LogP contribution in [0.2, 0.25) is 0 Å². The maximum atomic E-state index is 14.2. The fourth-order valence-electron chi connectivity index (χ4n) is 4.99. The molecule has 0 aromatic carbocycles. The summed E-state index contributed by atoms with van der Waals surface area (Å²) in [6.07, 6.45) is 13.6. The Hall–Kier alpha value is -0.140. The van der Waals surface area contributed by atoms with E-state index in [9.17, 15) is 8.78 Å². The van der Waals surface area contributed by atoms with Gasteiger partial charge in [-0.05, 0) is 62.7 Å². The quantitative estimate of drug-likeness (QED) is 0.465. The van der Waals surface area contributed by atoms with Crippen molar-refractivity contribution < 1.29 is 8.78 Å². The highest BCUT2D eigenvalue weighted by Crippen LogP contribution is 2.46. The van der Waals surface area contributed by atoms with Crippen LogP contribution < -0.4 is 0 Å². The van der Waals surface area contributed by atoms with Gasteiger partial charge in [0.15, 0.2) is 0 Å². The normalized spacial score (nSPS) is 33.8. The smallest absolute Gasteiger partial charge is 0.207 e. The molecule has 0 radical (unpaired) electrons. The van der Waals surface area contributed by atoms with Gasteiger partial charge in [0, 0.05) is 12.3 Å². The predicted molar refractivity (Wildman–Crippen MR) is 90.3 cm³/mol. The summed E-state index contributed by atoms with van der Waals surface area (Å²) < 4.78 is 28.4. The van der Waals surface area contributed by atoms with Gasteiger partial charge in [-0.25, -0.2) is 8.78 Å². The molecule has 2 saturated carbocycles. The lowest BCUT2D eigenvalue weighted by atomic mass is 9.67. The van der Waals surface area contributed by atoms with E-state index < -0.39 is 5.92 Å². The van der Waals surface area contributed by atoms with E-state index >= 15 is 0 Å². The van der Waals surface area contributed by atoms with Gasteiger partial charge in [0.25, 0.3) is 5.92 Å². The van der Waals surface area contributed by atoms with E-state index in [1.807, 2.05) is 6.92 Å². The van der Waals surface area contributed by atoms with E-state index in [1.165, 1.54) is 38.5 Å². The highest BCUT2D eigenvalue weighted by Gasteiger charge is 2.41. The first kappa shape index (κ1) is 18.2. The minimum Gasteiger partial charge on any atom is -0.207 e. The number of hydrogen-bond acceptors (Lipinski definition) is 0. The monoisotopic (exact) mass is 314 g/mol. The Morgan fingerprint density at radius 2 is 1.32 bits per heavy atom. The van der Waals surface area contributed by atoms with E-state index in [-0.39, 0.29) is 12.3 Å². The van der Waals surface area contributed by atoms with Gasteiger partial charge < -0.3 is 0 Å². The maximum Gasteiger partial charge on any atom is 0.250 e. The van der Waals surface area contributed by atoms with Gasteiger partial charge >= 0.3 is 0 Å². The lowest BCUT2D eigenvalue weighted by Gasteiger charge is -2.39. The molecule has 2 aliphatic carbocycles. The highest BCUT2D eigenvalue weighted by atomic mass is 19.3. The van der Waals surface area contributed by atoms with Crippen LogP contribution in [0, 0.1) is 23.7 Å². The topological polar surface area (TPSA) is 0 Å². The van der Waals surface area contributed by atoms with Gasteiger partial charge in [0.2, 0.25) is 0 Å². The Morgan fingerprint density at radius 3 is 1.82 bits per heavy atom. The van der Waals surface area contributed by atoms with Crippen LogP contribution >= 0.6 is 0 Å². The van der Waals surface area contributed by atoms with E-state index in [1.54, 1.807) is 0 Å². The molecule has 2 fully saturated rings. The van der Waals surface area contributed by atoms with Crippen molar-refractivity contribution in [1.29, 1.82) is 0 Å². The minimum atomic E-state index is -2.40. The summed E-state index contributed by atoms with van der Waals surface area (Å²) in [4.78, 5) is 0. The summed E-state index contributed by atoms with van der Waals surface area (Å²) >= 11 is 0. The zero-order chi connectivity index (χ0) is 16.0. The molecule has 0 unspecified atom stereocenters. The molecule has 2 aliphatic rings. The number of hydrogen-bond donors (Lipinski definition) is 0. The Bertz CT molecular complexity index is 297. The molecule has 0 aromatic heterocycles. The number of rotatable bonds is 7. The van der Waals surface area contributed by atoms with Gasteiger partial charge in [0.1, 0.15) is 0 Å². The summed E-state index contributed by atoms with van der Waals surface area (Å²) in [6, 6.07) is 0. The average molecular weight is 315 g/mol. The SMILES string of the molecule is CCCCC(F)(F)C1CCC(C2CCC(CCC)CC2)CC1. The summed E-state index contributed by atoms with van der Waals surface area (Å²) in [5.74, 6) is -0.179. The summed E-state index contributed by atoms with van der Waals surface area (Å²) in [5, 5.41) is 0. The molecule has 0 spiro atoms. The Morgan fingerprint density at radius 1 is 0.773 bits per heavy atom. The van der Waals surface area contributed by atoms with E-state index in [0.29, 0.717) is 6.42 Å². The first-order chi connectivity index (χ1) is 10.6. The molecule has 0 N–H and O–H groups in total. The third-order valence-electron chi connectivity index (χ3n) is 6.49. The van der Waals surface area contributed by atoms with Gasteiger partial charge in [-0.2, -0.15) is 0 Å². The fraction of sp³-hybridized carbons (Fsp3) is 1.00. The molecular weight excluding hydrogens is 278 g/mol. The molecular formula is C20H36F2. The second-order valence-corrected chi connectivity index (χ2v) is 8.05. The number of halogens is 2. The molecule has 0 aromatic rings. The lowest BCUT2D eigenvalue weighted by Crippen LogP contribution is -2.34. The fourth-order valence-corrected chi connectivity index (χ4v) is 4.99. The van der Waals surface area contributed by atoms with Crippen LogP contribution in [0.4, 0.5) is 8.78 Å². The van der Waals surface area contributed by atoms with E-state index in [4.69, 9.17) is 0 Å². The van der Waals surface area contributed by atoms with Crippen LogP contribution in [-0.2, 0) is 0 Å². The first-order valence-corrected chi connectivity index (χ1v) is 9.94. The molecule has 0 atom stereocenters. The summed E-state index contributed by atoms with van der Waals surface area (Å²) in [5.41, 5.74) is 0. The van der Waals surface area contributed by atoms with E-state index in [0.717, 1.165) is 49.9 Å². The molecule has 0 aliphatic heterocycles. The van der Waals surface area contributed by atoms with Crippen molar-refractivity contribution in [2.45, 2.75) is 103 Å². The van der Waals surface area contributed by atoms with Crippen molar-refractivity contribution >= 4 is 0 Å². The molecule has 2 heteroatoms. The van der Waals surface area contributed by atoms with Crippen LogP contribution in [0.3, 0.4) is 0 Å². The molecule has 0 saturated heterocycles. The number of unbranched alkanes of at least 4 members (excludes halogenated alkanes) is 1. The van der Waals surface area contributed by atoms with Crippen LogP contribution in [0.1, 0.15) is 97.3 Å². The molecule has 0 heterocycles. The van der Waals surface area contributed by atoms with Crippen LogP contribution in [-0.4, -0.2) is 5.92 Å². The lowest BCUT2D eigenvalue weighted by molar-refractivity contribution is -0.0858. The Labute approximate surface area is 136 Å². The highest BCUT2D eigenvalue weighted by molar-refractivity contribution is 4.86. The maximum absolute atomic E-state index is 14.2. The molecule has 22 heavy (non-hydrogen) atoms. The molecule has 0 bridgehead atoms. The second-order valence-electron chi connectivity index (χ2n) is 8.05. The first-order valence-electron chi connectivity index (χ1n) is 9.94. The number of alkyl halides is 2. The third-order valence-corrected chi connectivity index (χ3v) is 6.49. The van der Waals surface area contributed by atoms with Crippen LogP contribution in [0.5, 0.6) is 0 Å². The zero-order valence-corrected chi connectivity index (χ0v) is 14.8. The average Bonchev–Trinajstić information content (AvgIpc) is 2.54. The van der Waals surface area contributed by atoms with Gasteiger partial charge in [-0.15, -0.1) is 0 Å². The van der Waals surface area contributed by atoms with E-state index in [2.05, 4.69) is 6.92 Å². The van der Waals surface area contributed by atoms with Crippen molar-refractivity contribution in [3.63, 3.8) is 0 Å². The van der Waals surface area contributed by atoms with Crippen molar-refractivity contribution in [3.05, 3.63) is 0 Å². The van der Waals surface area contributed by atoms with Crippen molar-refractivity contribution in [3.8, 4) is 0 Å². The predicted octanol–water partition coefficient (Wildman–Crippen LogP) is 7.22. The molecule has 0 amide bonds. The van der Waals surface area contributed by atoms with Gasteiger partial charge in [-0.1, -0.05) is 46.0 Å². The summed E-state index contributed by atoms with van der Waals surface area (Å²) in [7, 11) is 0. The Balaban J connectivity index is 1.73. The van der Waals surface area contributed by atoms with Crippen molar-refractivity contribution in [2.75, 3.05) is 0 Å². The second kappa shape index (κ2) is 8.64. The standard InChI is InChI=1S/C20H36F2/c1-3-5-15-20(21,22)19-13-11-18(12-14-19)17-9-7-16(6-4-2)8-10-17/h16-19H,3-15H2,1-2H3. The van der Waals surface area contributed by atoms with Gasteiger partial charge in [-0.3, -0.25) is 0 Å². The van der Waals surface area contributed by atoms with Crippen LogP contribution in [0.15, 0.2) is 0 Å². The third kappa shape index (κ3) is 4.93. The van der Waals surface area contributed by atoms with Crippen molar-refractivity contribution in [2.24, 2.45) is 23.7 Å². The minimum absolute atomic E-state index is 0.112. The molecule has 2 rings (SSSR count). The molecule has 0 nitrogen and oxygen atoms in total. The van der Waals surface area contributed by atoms with Crippen molar-refractivity contribution in [1.82, 2.24) is 0 Å². The Kier molecular flexibility index (Phi) is 7.15. The largest absolute Gasteiger partial charge is 0.250 e. The zero-order valence-electron chi connectivity index (χ0n) is 14.8. The van der Waals surface area contributed by atoms with Gasteiger partial charge in [0.05, 0.1) is 0 Å².